The molecule has 0 aromatic carbocycles. The molecule has 102 valence electrons. The van der Waals surface area contributed by atoms with E-state index in [1.165, 1.54) is 9.75 Å². The maximum atomic E-state index is 6.01. The number of aryl methyl sites for hydroxylation is 1. The van der Waals surface area contributed by atoms with E-state index in [0.717, 1.165) is 32.5 Å². The molecule has 1 fully saturated rings. The van der Waals surface area contributed by atoms with Gasteiger partial charge >= 0.3 is 0 Å². The number of nitrogens with zero attached hydrogens (tertiary/aromatic N) is 1. The summed E-state index contributed by atoms with van der Waals surface area (Å²) in [6.07, 6.45) is 2.55. The van der Waals surface area contributed by atoms with Crippen molar-refractivity contribution in [2.75, 3.05) is 26.2 Å². The second-order valence-corrected chi connectivity index (χ2v) is 6.27. The lowest BCUT2D eigenvalue weighted by molar-refractivity contribution is 0.0461. The van der Waals surface area contributed by atoms with Crippen LogP contribution in [0.25, 0.3) is 0 Å². The first-order valence-electron chi connectivity index (χ1n) is 6.86. The van der Waals surface area contributed by atoms with Crippen molar-refractivity contribution in [3.05, 3.63) is 21.9 Å². The van der Waals surface area contributed by atoms with Crippen LogP contribution in [0.15, 0.2) is 12.1 Å². The van der Waals surface area contributed by atoms with Gasteiger partial charge in [-0.2, -0.15) is 0 Å². The molecule has 0 aliphatic carbocycles. The predicted octanol–water partition coefficient (Wildman–Crippen LogP) is 2.56. The van der Waals surface area contributed by atoms with Crippen molar-refractivity contribution >= 4 is 11.3 Å². The van der Waals surface area contributed by atoms with Crippen LogP contribution in [0.1, 0.15) is 35.6 Å². The van der Waals surface area contributed by atoms with Gasteiger partial charge in [0.2, 0.25) is 0 Å². The van der Waals surface area contributed by atoms with Crippen LogP contribution < -0.4 is 5.73 Å². The summed E-state index contributed by atoms with van der Waals surface area (Å²) in [6.45, 7) is 8.03. The number of rotatable bonds is 4. The molecule has 1 aliphatic rings. The Balaban J connectivity index is 2.10. The van der Waals surface area contributed by atoms with Crippen molar-refractivity contribution in [1.29, 1.82) is 0 Å². The van der Waals surface area contributed by atoms with Gasteiger partial charge in [-0.3, -0.25) is 4.90 Å². The second kappa shape index (κ2) is 6.66. The van der Waals surface area contributed by atoms with Gasteiger partial charge in [-0.05, 0) is 31.9 Å². The van der Waals surface area contributed by atoms with E-state index in [9.17, 15) is 0 Å². The van der Waals surface area contributed by atoms with Crippen LogP contribution in [-0.2, 0) is 4.74 Å². The molecule has 0 saturated carbocycles. The Morgan fingerprint density at radius 1 is 1.56 bits per heavy atom. The van der Waals surface area contributed by atoms with Gasteiger partial charge < -0.3 is 10.5 Å². The number of ether oxygens (including phenoxy) is 1. The van der Waals surface area contributed by atoms with Gasteiger partial charge in [0.1, 0.15) is 0 Å². The van der Waals surface area contributed by atoms with E-state index in [4.69, 9.17) is 10.5 Å². The lowest BCUT2D eigenvalue weighted by Crippen LogP contribution is -2.38. The van der Waals surface area contributed by atoms with E-state index < -0.39 is 0 Å². The molecule has 2 atom stereocenters. The first-order valence-corrected chi connectivity index (χ1v) is 7.68. The van der Waals surface area contributed by atoms with Crippen LogP contribution in [0, 0.1) is 6.92 Å². The summed E-state index contributed by atoms with van der Waals surface area (Å²) in [6, 6.07) is 4.78. The summed E-state index contributed by atoms with van der Waals surface area (Å²) < 4.78 is 5.84. The molecule has 18 heavy (non-hydrogen) atoms. The van der Waals surface area contributed by atoms with Crippen LogP contribution in [0.2, 0.25) is 0 Å². The molecule has 1 aromatic heterocycles. The van der Waals surface area contributed by atoms with E-state index >= 15 is 0 Å². The van der Waals surface area contributed by atoms with E-state index in [1.807, 2.05) is 11.3 Å². The van der Waals surface area contributed by atoms with Crippen molar-refractivity contribution in [1.82, 2.24) is 4.90 Å². The first kappa shape index (κ1) is 14.0. The Kier molecular flexibility index (Phi) is 5.18. The van der Waals surface area contributed by atoms with Gasteiger partial charge in [-0.1, -0.05) is 6.92 Å². The Hall–Kier alpha value is -0.420. The van der Waals surface area contributed by atoms with Crippen LogP contribution in [0.4, 0.5) is 0 Å². The minimum absolute atomic E-state index is 0.361. The summed E-state index contributed by atoms with van der Waals surface area (Å²) in [5, 5.41) is 0. The summed E-state index contributed by atoms with van der Waals surface area (Å²) in [5.41, 5.74) is 6.01. The average molecular weight is 268 g/mol. The third-order valence-corrected chi connectivity index (χ3v) is 4.69. The van der Waals surface area contributed by atoms with Crippen molar-refractivity contribution in [3.63, 3.8) is 0 Å². The third kappa shape index (κ3) is 3.32. The minimum atomic E-state index is 0.361. The van der Waals surface area contributed by atoms with Crippen molar-refractivity contribution in [2.45, 2.75) is 38.8 Å². The highest BCUT2D eigenvalue weighted by atomic mass is 32.1. The Labute approximate surface area is 114 Å². The highest BCUT2D eigenvalue weighted by Crippen LogP contribution is 2.28. The molecular weight excluding hydrogens is 244 g/mol. The number of thiophene rings is 1. The average Bonchev–Trinajstić information content (AvgIpc) is 2.66. The zero-order valence-electron chi connectivity index (χ0n) is 11.4. The van der Waals surface area contributed by atoms with Gasteiger partial charge in [0.05, 0.1) is 12.1 Å². The molecule has 2 heterocycles. The predicted molar refractivity (Wildman–Crippen MR) is 77.1 cm³/mol. The lowest BCUT2D eigenvalue weighted by Gasteiger charge is -2.30. The lowest BCUT2D eigenvalue weighted by atomic mass is 10.1. The molecule has 3 nitrogen and oxygen atoms in total. The number of nitrogens with two attached hydrogens (primary N) is 1. The van der Waals surface area contributed by atoms with Gasteiger partial charge in [0.25, 0.3) is 0 Å². The molecule has 0 amide bonds. The topological polar surface area (TPSA) is 38.5 Å². The molecule has 2 unspecified atom stereocenters. The molecule has 2 rings (SSSR count). The molecular formula is C14H24N2OS. The maximum absolute atomic E-state index is 6.01. The third-order valence-electron chi connectivity index (χ3n) is 3.59. The zero-order chi connectivity index (χ0) is 13.0. The highest BCUT2D eigenvalue weighted by molar-refractivity contribution is 7.12. The van der Waals surface area contributed by atoms with Crippen LogP contribution in [-0.4, -0.2) is 37.2 Å². The van der Waals surface area contributed by atoms with E-state index in [1.54, 1.807) is 0 Å². The molecule has 1 aromatic rings. The molecule has 1 aliphatic heterocycles. The Morgan fingerprint density at radius 3 is 3.00 bits per heavy atom. The van der Waals surface area contributed by atoms with E-state index in [0.29, 0.717) is 18.7 Å². The molecule has 1 saturated heterocycles. The Morgan fingerprint density at radius 2 is 2.39 bits per heavy atom. The van der Waals surface area contributed by atoms with Crippen LogP contribution in [0.5, 0.6) is 0 Å². The Bertz CT molecular complexity index is 366. The van der Waals surface area contributed by atoms with Gasteiger partial charge in [0.15, 0.2) is 0 Å². The van der Waals surface area contributed by atoms with Crippen LogP contribution in [0.3, 0.4) is 0 Å². The summed E-state index contributed by atoms with van der Waals surface area (Å²) >= 11 is 1.87. The fourth-order valence-corrected chi connectivity index (χ4v) is 3.56. The molecule has 4 heteroatoms. The van der Waals surface area contributed by atoms with Gasteiger partial charge in [-0.15, -0.1) is 11.3 Å². The van der Waals surface area contributed by atoms with Crippen molar-refractivity contribution in [2.24, 2.45) is 5.73 Å². The monoisotopic (exact) mass is 268 g/mol. The zero-order valence-corrected chi connectivity index (χ0v) is 12.2. The summed E-state index contributed by atoms with van der Waals surface area (Å²) in [5.74, 6) is 0. The minimum Gasteiger partial charge on any atom is -0.377 e. The maximum Gasteiger partial charge on any atom is 0.0699 e. The van der Waals surface area contributed by atoms with Crippen molar-refractivity contribution in [3.8, 4) is 0 Å². The molecule has 0 spiro atoms. The fraction of sp³-hybridized carbons (Fsp3) is 0.714. The smallest absolute Gasteiger partial charge is 0.0699 e. The van der Waals surface area contributed by atoms with Crippen LogP contribution >= 0.6 is 11.3 Å². The fourth-order valence-electron chi connectivity index (χ4n) is 2.53. The number of hydrogen-bond acceptors (Lipinski definition) is 4. The van der Waals surface area contributed by atoms with Gasteiger partial charge in [0, 0.05) is 36.0 Å². The summed E-state index contributed by atoms with van der Waals surface area (Å²) in [7, 11) is 0. The first-order chi connectivity index (χ1) is 8.74. The van der Waals surface area contributed by atoms with Gasteiger partial charge in [-0.25, -0.2) is 0 Å². The second-order valence-electron chi connectivity index (χ2n) is 4.95. The SMILES string of the molecule is CCC1CN(C(CN)c2ccc(C)s2)CCCO1. The summed E-state index contributed by atoms with van der Waals surface area (Å²) in [4.78, 5) is 5.26. The highest BCUT2D eigenvalue weighted by Gasteiger charge is 2.25. The molecule has 0 radical (unpaired) electrons. The molecule has 2 N–H and O–H groups in total. The molecule has 0 bridgehead atoms. The quantitative estimate of drug-likeness (QED) is 0.912. The van der Waals surface area contributed by atoms with E-state index in [2.05, 4.69) is 30.9 Å². The normalized spacial score (nSPS) is 23.8. The standard InChI is InChI=1S/C14H24N2OS/c1-3-12-10-16(7-4-8-17-12)13(9-15)14-6-5-11(2)18-14/h5-6,12-13H,3-4,7-10,15H2,1-2H3. The van der Waals surface area contributed by atoms with E-state index in [-0.39, 0.29) is 0 Å². The van der Waals surface area contributed by atoms with Crippen molar-refractivity contribution < 1.29 is 4.74 Å². The number of hydrogen-bond donors (Lipinski definition) is 1. The largest absolute Gasteiger partial charge is 0.377 e.